The molecule has 1 rings (SSSR count). The minimum Gasteiger partial charge on any atom is -0.508 e. The second kappa shape index (κ2) is 3.11. The van der Waals surface area contributed by atoms with Crippen molar-refractivity contribution in [3.05, 3.63) is 28.5 Å². The van der Waals surface area contributed by atoms with Crippen LogP contribution in [-0.4, -0.2) is 10.9 Å². The maximum absolute atomic E-state index is 12.9. The zero-order valence-electron chi connectivity index (χ0n) is 6.27. The lowest BCUT2D eigenvalue weighted by molar-refractivity contribution is 0.101. The van der Waals surface area contributed by atoms with Crippen molar-refractivity contribution < 1.29 is 14.3 Å². The first-order valence-corrected chi connectivity index (χ1v) is 3.59. The highest BCUT2D eigenvalue weighted by molar-refractivity contribution is 6.34. The fourth-order valence-electron chi connectivity index (χ4n) is 0.896. The van der Waals surface area contributed by atoms with Gasteiger partial charge in [-0.15, -0.1) is 0 Å². The van der Waals surface area contributed by atoms with Gasteiger partial charge in [0, 0.05) is 6.07 Å². The average molecular weight is 189 g/mol. The molecule has 2 nitrogen and oxygen atoms in total. The van der Waals surface area contributed by atoms with E-state index in [1.54, 1.807) is 0 Å². The number of phenols is 1. The van der Waals surface area contributed by atoms with E-state index in [9.17, 15) is 9.18 Å². The average Bonchev–Trinajstić information content (AvgIpc) is 1.82. The topological polar surface area (TPSA) is 37.3 Å². The third-order valence-corrected chi connectivity index (χ3v) is 1.68. The van der Waals surface area contributed by atoms with Crippen molar-refractivity contribution in [3.63, 3.8) is 0 Å². The summed E-state index contributed by atoms with van der Waals surface area (Å²) < 4.78 is 12.9. The fourth-order valence-corrected chi connectivity index (χ4v) is 1.23. The molecular formula is C8H6ClFO2. The summed E-state index contributed by atoms with van der Waals surface area (Å²) in [6.07, 6.45) is 0. The number of rotatable bonds is 1. The third kappa shape index (κ3) is 1.56. The summed E-state index contributed by atoms with van der Waals surface area (Å²) in [5.41, 5.74) is -0.186. The van der Waals surface area contributed by atoms with Crippen LogP contribution in [0.1, 0.15) is 17.3 Å². The first-order chi connectivity index (χ1) is 5.52. The van der Waals surface area contributed by atoms with Crippen LogP contribution in [0.4, 0.5) is 4.39 Å². The molecule has 0 saturated carbocycles. The van der Waals surface area contributed by atoms with E-state index in [2.05, 4.69) is 0 Å². The maximum atomic E-state index is 12.9. The van der Waals surface area contributed by atoms with Gasteiger partial charge in [0.15, 0.2) is 5.78 Å². The number of ketones is 1. The zero-order valence-corrected chi connectivity index (χ0v) is 7.02. The largest absolute Gasteiger partial charge is 0.508 e. The highest BCUT2D eigenvalue weighted by Gasteiger charge is 2.12. The summed E-state index contributed by atoms with van der Waals surface area (Å²) in [7, 11) is 0. The van der Waals surface area contributed by atoms with Crippen LogP contribution in [0.5, 0.6) is 5.75 Å². The molecule has 0 amide bonds. The van der Waals surface area contributed by atoms with Gasteiger partial charge >= 0.3 is 0 Å². The second-order valence-electron chi connectivity index (χ2n) is 2.34. The standard InChI is InChI=1S/C8H6ClFO2/c1-4(11)8-6(9)2-5(12)3-7(8)10/h2-3,12H,1H3. The summed E-state index contributed by atoms with van der Waals surface area (Å²) >= 11 is 5.51. The molecule has 0 heterocycles. The Morgan fingerprint density at radius 3 is 2.58 bits per heavy atom. The molecule has 0 aliphatic carbocycles. The molecule has 0 atom stereocenters. The maximum Gasteiger partial charge on any atom is 0.164 e. The normalized spacial score (nSPS) is 9.92. The quantitative estimate of drug-likeness (QED) is 0.687. The molecule has 4 heteroatoms. The van der Waals surface area contributed by atoms with Crippen LogP contribution in [0.15, 0.2) is 12.1 Å². The number of benzene rings is 1. The van der Waals surface area contributed by atoms with Gasteiger partial charge in [-0.05, 0) is 13.0 Å². The van der Waals surface area contributed by atoms with Crippen LogP contribution in [0.25, 0.3) is 0 Å². The van der Waals surface area contributed by atoms with E-state index >= 15 is 0 Å². The summed E-state index contributed by atoms with van der Waals surface area (Å²) in [6, 6.07) is 1.98. The van der Waals surface area contributed by atoms with Crippen molar-refractivity contribution in [2.75, 3.05) is 0 Å². The molecule has 0 aliphatic rings. The molecule has 0 spiro atoms. The molecular weight excluding hydrogens is 183 g/mol. The van der Waals surface area contributed by atoms with E-state index in [0.29, 0.717) is 0 Å². The zero-order chi connectivity index (χ0) is 9.30. The number of hydrogen-bond acceptors (Lipinski definition) is 2. The first kappa shape index (κ1) is 9.00. The lowest BCUT2D eigenvalue weighted by Crippen LogP contribution is -1.97. The summed E-state index contributed by atoms with van der Waals surface area (Å²) in [4.78, 5) is 10.8. The third-order valence-electron chi connectivity index (χ3n) is 1.38. The monoisotopic (exact) mass is 188 g/mol. The summed E-state index contributed by atoms with van der Waals surface area (Å²) in [5.74, 6) is -1.55. The van der Waals surface area contributed by atoms with E-state index in [4.69, 9.17) is 16.7 Å². The Kier molecular flexibility index (Phi) is 2.33. The van der Waals surface area contributed by atoms with Crippen LogP contribution in [0.2, 0.25) is 5.02 Å². The molecule has 0 aromatic heterocycles. The Hall–Kier alpha value is -1.09. The molecule has 12 heavy (non-hydrogen) atoms. The van der Waals surface area contributed by atoms with Crippen molar-refractivity contribution >= 4 is 17.4 Å². The number of Topliss-reactive ketones (excluding diaryl/α,β-unsaturated/α-hetero) is 1. The van der Waals surface area contributed by atoms with Crippen molar-refractivity contribution in [3.8, 4) is 5.75 Å². The number of aromatic hydroxyl groups is 1. The minimum atomic E-state index is -0.799. The Morgan fingerprint density at radius 2 is 2.17 bits per heavy atom. The fraction of sp³-hybridized carbons (Fsp3) is 0.125. The van der Waals surface area contributed by atoms with Gasteiger partial charge in [-0.2, -0.15) is 0 Å². The van der Waals surface area contributed by atoms with E-state index in [0.717, 1.165) is 12.1 Å². The predicted octanol–water partition coefficient (Wildman–Crippen LogP) is 2.39. The molecule has 0 aliphatic heterocycles. The van der Waals surface area contributed by atoms with Crippen molar-refractivity contribution in [2.24, 2.45) is 0 Å². The van der Waals surface area contributed by atoms with Gasteiger partial charge in [0.1, 0.15) is 11.6 Å². The van der Waals surface area contributed by atoms with E-state index < -0.39 is 11.6 Å². The molecule has 64 valence electrons. The highest BCUT2D eigenvalue weighted by Crippen LogP contribution is 2.25. The molecule has 0 saturated heterocycles. The minimum absolute atomic E-state index is 0.0694. The van der Waals surface area contributed by atoms with Gasteiger partial charge in [-0.1, -0.05) is 11.6 Å². The summed E-state index contributed by atoms with van der Waals surface area (Å²) in [5, 5.41) is 8.79. The lowest BCUT2D eigenvalue weighted by atomic mass is 10.1. The van der Waals surface area contributed by atoms with Crippen LogP contribution in [0.3, 0.4) is 0 Å². The van der Waals surface area contributed by atoms with Gasteiger partial charge in [-0.3, -0.25) is 4.79 Å². The van der Waals surface area contributed by atoms with Crippen molar-refractivity contribution in [1.29, 1.82) is 0 Å². The van der Waals surface area contributed by atoms with Gasteiger partial charge in [0.05, 0.1) is 10.6 Å². The van der Waals surface area contributed by atoms with Crippen molar-refractivity contribution in [1.82, 2.24) is 0 Å². The number of carbonyl (C=O) groups is 1. The smallest absolute Gasteiger partial charge is 0.164 e. The number of halogens is 2. The first-order valence-electron chi connectivity index (χ1n) is 3.21. The molecule has 0 unspecified atom stereocenters. The predicted molar refractivity (Wildman–Crippen MR) is 43.1 cm³/mol. The Morgan fingerprint density at radius 1 is 1.58 bits per heavy atom. The van der Waals surface area contributed by atoms with Crippen LogP contribution in [-0.2, 0) is 0 Å². The van der Waals surface area contributed by atoms with Crippen LogP contribution in [0, 0.1) is 5.82 Å². The van der Waals surface area contributed by atoms with Gasteiger partial charge < -0.3 is 5.11 Å². The van der Waals surface area contributed by atoms with E-state index in [-0.39, 0.29) is 16.3 Å². The van der Waals surface area contributed by atoms with E-state index in [1.165, 1.54) is 6.92 Å². The highest BCUT2D eigenvalue weighted by atomic mass is 35.5. The van der Waals surface area contributed by atoms with Gasteiger partial charge in [0.25, 0.3) is 0 Å². The Bertz CT molecular complexity index is 313. The molecule has 0 radical (unpaired) electrons. The van der Waals surface area contributed by atoms with E-state index in [1.807, 2.05) is 0 Å². The van der Waals surface area contributed by atoms with Crippen LogP contribution < -0.4 is 0 Å². The molecule has 1 aromatic carbocycles. The lowest BCUT2D eigenvalue weighted by Gasteiger charge is -2.01. The molecule has 1 aromatic rings. The van der Waals surface area contributed by atoms with Gasteiger partial charge in [-0.25, -0.2) is 4.39 Å². The summed E-state index contributed by atoms with van der Waals surface area (Å²) in [6.45, 7) is 1.21. The Balaban J connectivity index is 3.38. The van der Waals surface area contributed by atoms with Crippen LogP contribution >= 0.6 is 11.6 Å². The molecule has 1 N–H and O–H groups in total. The van der Waals surface area contributed by atoms with Crippen molar-refractivity contribution in [2.45, 2.75) is 6.92 Å². The SMILES string of the molecule is CC(=O)c1c(F)cc(O)cc1Cl. The molecule has 0 bridgehead atoms. The molecule has 0 fully saturated rings. The Labute approximate surface area is 73.6 Å². The number of phenolic OH excluding ortho intramolecular Hbond substituents is 1. The second-order valence-corrected chi connectivity index (χ2v) is 2.75. The number of hydrogen-bond donors (Lipinski definition) is 1. The number of carbonyl (C=O) groups excluding carboxylic acids is 1. The van der Waals surface area contributed by atoms with Gasteiger partial charge in [0.2, 0.25) is 0 Å².